The van der Waals surface area contributed by atoms with E-state index in [2.05, 4.69) is 36.3 Å². The van der Waals surface area contributed by atoms with Crippen molar-refractivity contribution in [2.45, 2.75) is 26.4 Å². The Bertz CT molecular complexity index is 860. The number of aromatic nitrogens is 2. The molecule has 3 heterocycles. The maximum absolute atomic E-state index is 5.99. The first-order valence-electron chi connectivity index (χ1n) is 8.17. The van der Waals surface area contributed by atoms with Crippen LogP contribution < -0.4 is 10.1 Å². The third-order valence-corrected chi connectivity index (χ3v) is 5.25. The number of nitrogens with one attached hydrogen (secondary N) is 1. The number of pyridine rings is 1. The van der Waals surface area contributed by atoms with Crippen molar-refractivity contribution < 1.29 is 4.74 Å². The van der Waals surface area contributed by atoms with Crippen molar-refractivity contribution in [1.29, 1.82) is 0 Å². The fourth-order valence-corrected chi connectivity index (χ4v) is 3.79. The number of hydrogen-bond acceptors (Lipinski definition) is 5. The van der Waals surface area contributed by atoms with Crippen molar-refractivity contribution in [3.63, 3.8) is 0 Å². The number of thiazole rings is 1. The van der Waals surface area contributed by atoms with Crippen LogP contribution in [0.25, 0.3) is 21.8 Å². The topological polar surface area (TPSA) is 47.0 Å². The lowest BCUT2D eigenvalue weighted by Crippen LogP contribution is -2.29. The molecule has 1 atom stereocenters. The minimum atomic E-state index is 0.251. The van der Waals surface area contributed by atoms with Gasteiger partial charge in [0.05, 0.1) is 17.9 Å². The average molecular weight is 337 g/mol. The summed E-state index contributed by atoms with van der Waals surface area (Å²) in [6, 6.07) is 10.3. The van der Waals surface area contributed by atoms with Crippen molar-refractivity contribution in [1.82, 2.24) is 9.97 Å². The summed E-state index contributed by atoms with van der Waals surface area (Å²) in [5.74, 6) is 0.928. The summed E-state index contributed by atoms with van der Waals surface area (Å²) >= 11 is 1.70. The van der Waals surface area contributed by atoms with Gasteiger partial charge >= 0.3 is 0 Å². The lowest BCUT2D eigenvalue weighted by atomic mass is 10.1. The largest absolute Gasteiger partial charge is 0.486 e. The highest BCUT2D eigenvalue weighted by atomic mass is 32.1. The van der Waals surface area contributed by atoms with Gasteiger partial charge in [0.1, 0.15) is 16.9 Å². The summed E-state index contributed by atoms with van der Waals surface area (Å²) in [7, 11) is 0. The Morgan fingerprint density at radius 1 is 1.29 bits per heavy atom. The number of anilines is 1. The molecule has 0 saturated heterocycles. The molecule has 1 unspecified atom stereocenters. The van der Waals surface area contributed by atoms with E-state index in [1.54, 1.807) is 17.5 Å². The molecule has 4 rings (SSSR count). The molecule has 0 saturated carbocycles. The molecule has 0 bridgehead atoms. The van der Waals surface area contributed by atoms with Gasteiger partial charge in [-0.2, -0.15) is 0 Å². The van der Waals surface area contributed by atoms with Crippen molar-refractivity contribution >= 4 is 17.0 Å². The van der Waals surface area contributed by atoms with Gasteiger partial charge in [-0.15, -0.1) is 11.3 Å². The monoisotopic (exact) mass is 337 g/mol. The van der Waals surface area contributed by atoms with Crippen molar-refractivity contribution in [3.8, 4) is 27.6 Å². The van der Waals surface area contributed by atoms with E-state index in [9.17, 15) is 0 Å². The minimum absolute atomic E-state index is 0.251. The van der Waals surface area contributed by atoms with Gasteiger partial charge in [-0.3, -0.25) is 4.98 Å². The quantitative estimate of drug-likeness (QED) is 0.748. The van der Waals surface area contributed by atoms with Crippen LogP contribution in [-0.4, -0.2) is 22.6 Å². The first-order chi connectivity index (χ1) is 11.7. The van der Waals surface area contributed by atoms with Gasteiger partial charge in [0, 0.05) is 28.4 Å². The molecule has 4 nitrogen and oxygen atoms in total. The van der Waals surface area contributed by atoms with Crippen molar-refractivity contribution in [2.24, 2.45) is 0 Å². The first-order valence-corrected chi connectivity index (χ1v) is 8.99. The second-order valence-electron chi connectivity index (χ2n) is 5.91. The third-order valence-electron chi connectivity index (χ3n) is 4.23. The van der Waals surface area contributed by atoms with Gasteiger partial charge in [0.2, 0.25) is 0 Å². The van der Waals surface area contributed by atoms with Crippen LogP contribution in [0.5, 0.6) is 5.75 Å². The van der Waals surface area contributed by atoms with E-state index in [-0.39, 0.29) is 6.10 Å². The van der Waals surface area contributed by atoms with Gasteiger partial charge < -0.3 is 10.1 Å². The zero-order valence-electron chi connectivity index (χ0n) is 13.7. The summed E-state index contributed by atoms with van der Waals surface area (Å²) in [5.41, 5.74) is 4.25. The molecule has 24 heavy (non-hydrogen) atoms. The Hall–Kier alpha value is -2.40. The van der Waals surface area contributed by atoms with Crippen LogP contribution in [-0.2, 0) is 0 Å². The summed E-state index contributed by atoms with van der Waals surface area (Å²) < 4.78 is 5.99. The predicted octanol–water partition coefficient (Wildman–Crippen LogP) is 4.76. The molecule has 2 aromatic heterocycles. The number of rotatable bonds is 3. The van der Waals surface area contributed by atoms with Crippen LogP contribution in [0.15, 0.2) is 42.7 Å². The fourth-order valence-electron chi connectivity index (χ4n) is 2.87. The molecule has 1 aromatic carbocycles. The second kappa shape index (κ2) is 6.24. The van der Waals surface area contributed by atoms with Gasteiger partial charge in [0.25, 0.3) is 0 Å². The van der Waals surface area contributed by atoms with Crippen LogP contribution in [0.3, 0.4) is 0 Å². The Kier molecular flexibility index (Phi) is 3.94. The van der Waals surface area contributed by atoms with E-state index in [4.69, 9.17) is 9.72 Å². The van der Waals surface area contributed by atoms with Gasteiger partial charge in [-0.25, -0.2) is 4.98 Å². The Morgan fingerprint density at radius 2 is 2.21 bits per heavy atom. The molecular weight excluding hydrogens is 318 g/mol. The zero-order valence-corrected chi connectivity index (χ0v) is 14.6. The minimum Gasteiger partial charge on any atom is -0.486 e. The molecule has 0 amide bonds. The number of ether oxygens (including phenoxy) is 1. The van der Waals surface area contributed by atoms with Gasteiger partial charge in [0.15, 0.2) is 0 Å². The molecule has 0 radical (unpaired) electrons. The lowest BCUT2D eigenvalue weighted by Gasteiger charge is -2.26. The highest BCUT2D eigenvalue weighted by Gasteiger charge is 2.19. The van der Waals surface area contributed by atoms with Crippen LogP contribution in [0.4, 0.5) is 5.69 Å². The van der Waals surface area contributed by atoms with E-state index < -0.39 is 0 Å². The molecule has 0 fully saturated rings. The fraction of sp³-hybridized carbons (Fsp3) is 0.263. The standard InChI is InChI=1S/C19H19N3OS/c1-3-15-11-21-16-9-13(6-7-17(16)23-15)18-12(2)24-19(22-18)14-5-4-8-20-10-14/h4-10,15,21H,3,11H2,1-2H3. The van der Waals surface area contributed by atoms with Gasteiger partial charge in [-0.05, 0) is 43.7 Å². The highest BCUT2D eigenvalue weighted by Crippen LogP contribution is 2.37. The molecule has 0 aliphatic carbocycles. The number of benzene rings is 1. The number of nitrogens with zero attached hydrogens (tertiary/aromatic N) is 2. The average Bonchev–Trinajstić information content (AvgIpc) is 3.03. The normalized spacial score (nSPS) is 16.2. The Balaban J connectivity index is 1.69. The molecule has 0 spiro atoms. The number of hydrogen-bond donors (Lipinski definition) is 1. The zero-order chi connectivity index (χ0) is 16.5. The Morgan fingerprint density at radius 3 is 3.00 bits per heavy atom. The maximum Gasteiger partial charge on any atom is 0.142 e. The molecule has 1 aliphatic rings. The van der Waals surface area contributed by atoms with Crippen LogP contribution in [0.2, 0.25) is 0 Å². The van der Waals surface area contributed by atoms with Crippen LogP contribution in [0, 0.1) is 6.92 Å². The lowest BCUT2D eigenvalue weighted by molar-refractivity contribution is 0.202. The SMILES string of the molecule is CCC1CNc2cc(-c3nc(-c4cccnc4)sc3C)ccc2O1. The van der Waals surface area contributed by atoms with E-state index in [1.807, 2.05) is 24.4 Å². The number of fused-ring (bicyclic) bond motifs is 1. The van der Waals surface area contributed by atoms with E-state index in [0.29, 0.717) is 0 Å². The molecule has 122 valence electrons. The maximum atomic E-state index is 5.99. The van der Waals surface area contributed by atoms with Gasteiger partial charge in [-0.1, -0.05) is 6.92 Å². The molecular formula is C19H19N3OS. The molecule has 5 heteroatoms. The smallest absolute Gasteiger partial charge is 0.142 e. The summed E-state index contributed by atoms with van der Waals surface area (Å²) in [5, 5.41) is 4.48. The van der Waals surface area contributed by atoms with Crippen molar-refractivity contribution in [2.75, 3.05) is 11.9 Å². The molecule has 1 N–H and O–H groups in total. The van der Waals surface area contributed by atoms with E-state index in [0.717, 1.165) is 46.2 Å². The van der Waals surface area contributed by atoms with E-state index >= 15 is 0 Å². The highest BCUT2D eigenvalue weighted by molar-refractivity contribution is 7.15. The number of aryl methyl sites for hydroxylation is 1. The predicted molar refractivity (Wildman–Crippen MR) is 98.7 cm³/mol. The summed E-state index contributed by atoms with van der Waals surface area (Å²) in [4.78, 5) is 10.2. The van der Waals surface area contributed by atoms with Crippen molar-refractivity contribution in [3.05, 3.63) is 47.6 Å². The molecule has 3 aromatic rings. The second-order valence-corrected chi connectivity index (χ2v) is 7.11. The first kappa shape index (κ1) is 15.1. The van der Waals surface area contributed by atoms with Crippen LogP contribution in [0.1, 0.15) is 18.2 Å². The Labute approximate surface area is 145 Å². The third kappa shape index (κ3) is 2.76. The summed E-state index contributed by atoms with van der Waals surface area (Å²) in [6.07, 6.45) is 4.90. The molecule has 1 aliphatic heterocycles. The van der Waals surface area contributed by atoms with E-state index in [1.165, 1.54) is 4.88 Å². The van der Waals surface area contributed by atoms with Crippen LogP contribution >= 0.6 is 11.3 Å². The summed E-state index contributed by atoms with van der Waals surface area (Å²) in [6.45, 7) is 5.11.